The second-order valence-corrected chi connectivity index (χ2v) is 0.608. The van der Waals surface area contributed by atoms with Crippen molar-refractivity contribution in [2.75, 3.05) is 0 Å². The number of rotatable bonds is 0. The van der Waals surface area contributed by atoms with E-state index < -0.39 is 6.09 Å². The molecule has 0 heterocycles. The standard InChI is InChI=1S/C3H5.CH3NO2.Cu/c1-3-2;2-1(3)4;/h3H,1-2H2;2H2,(H,3,4);/q-1;;+2/p-1. The van der Waals surface area contributed by atoms with Gasteiger partial charge in [0.1, 0.15) is 6.09 Å². The van der Waals surface area contributed by atoms with Crippen LogP contribution in [0.5, 0.6) is 0 Å². The Balaban J connectivity index is -0.0000000575. The Morgan fingerprint density at radius 1 is 1.88 bits per heavy atom. The van der Waals surface area contributed by atoms with Crippen LogP contribution < -0.4 is 10.8 Å². The second-order valence-electron chi connectivity index (χ2n) is 0.608. The van der Waals surface area contributed by atoms with Crippen molar-refractivity contribution in [3.05, 3.63) is 19.6 Å². The molecule has 0 fully saturated rings. The number of hydrogen-bond acceptors (Lipinski definition) is 2. The van der Waals surface area contributed by atoms with Crippen LogP contribution in [0.15, 0.2) is 12.7 Å². The van der Waals surface area contributed by atoms with Crippen molar-refractivity contribution in [3.63, 3.8) is 0 Å². The van der Waals surface area contributed by atoms with Gasteiger partial charge in [-0.2, -0.15) is 0 Å². The molecule has 0 aromatic heterocycles. The molecule has 0 rings (SSSR count). The van der Waals surface area contributed by atoms with Gasteiger partial charge < -0.3 is 15.6 Å². The number of carboxylic acid groups (broad SMARTS) is 1. The van der Waals surface area contributed by atoms with Gasteiger partial charge in [-0.1, -0.05) is 0 Å². The average Bonchev–Trinajstić information content (AvgIpc) is 1.33. The topological polar surface area (TPSA) is 66.2 Å². The van der Waals surface area contributed by atoms with Crippen molar-refractivity contribution in [1.29, 1.82) is 0 Å². The molecule has 0 saturated heterocycles. The fourth-order valence-corrected chi connectivity index (χ4v) is 0. The van der Waals surface area contributed by atoms with E-state index in [0.29, 0.717) is 0 Å². The van der Waals surface area contributed by atoms with Crippen molar-refractivity contribution >= 4 is 6.09 Å². The van der Waals surface area contributed by atoms with Crippen LogP contribution in [0.1, 0.15) is 0 Å². The molecule has 0 aromatic carbocycles. The third-order valence-corrected chi connectivity index (χ3v) is 0. The molecule has 0 aromatic rings. The molecule has 0 aliphatic carbocycles. The first kappa shape index (κ1) is 15.7. The van der Waals surface area contributed by atoms with Crippen LogP contribution >= 0.6 is 0 Å². The van der Waals surface area contributed by atoms with Crippen LogP contribution in [0.25, 0.3) is 0 Å². The summed E-state index contributed by atoms with van der Waals surface area (Å²) in [6, 6.07) is 0. The molecule has 51 valence electrons. The van der Waals surface area contributed by atoms with Crippen LogP contribution in [0.2, 0.25) is 0 Å². The molecule has 1 radical (unpaired) electrons. The van der Waals surface area contributed by atoms with E-state index in [-0.39, 0.29) is 17.1 Å². The first-order valence-corrected chi connectivity index (χ1v) is 1.51. The third-order valence-electron chi connectivity index (χ3n) is 0. The maximum atomic E-state index is 8.67. The second kappa shape index (κ2) is 16.1. The first-order chi connectivity index (χ1) is 3.15. The van der Waals surface area contributed by atoms with E-state index >= 15 is 0 Å². The summed E-state index contributed by atoms with van der Waals surface area (Å²) in [5.74, 6) is 0. The predicted octanol–water partition coefficient (Wildman–Crippen LogP) is -0.708. The van der Waals surface area contributed by atoms with E-state index in [4.69, 9.17) is 9.90 Å². The number of carbonyl (C=O) groups excluding carboxylic acids is 1. The summed E-state index contributed by atoms with van der Waals surface area (Å²) in [5.41, 5.74) is 3.92. The van der Waals surface area contributed by atoms with Crippen molar-refractivity contribution < 1.29 is 27.0 Å². The van der Waals surface area contributed by atoms with E-state index in [1.54, 1.807) is 0 Å². The molecule has 0 atom stereocenters. The van der Waals surface area contributed by atoms with E-state index in [2.05, 4.69) is 19.2 Å². The first-order valence-electron chi connectivity index (χ1n) is 1.51. The summed E-state index contributed by atoms with van der Waals surface area (Å²) in [6.07, 6.45) is -0.0833. The van der Waals surface area contributed by atoms with Crippen LogP contribution in [0.3, 0.4) is 0 Å². The van der Waals surface area contributed by atoms with Gasteiger partial charge in [0.15, 0.2) is 0 Å². The van der Waals surface area contributed by atoms with Gasteiger partial charge in [0.05, 0.1) is 0 Å². The Morgan fingerprint density at radius 3 is 1.88 bits per heavy atom. The Hall–Kier alpha value is -0.601. The van der Waals surface area contributed by atoms with Crippen LogP contribution in [0.4, 0.5) is 4.79 Å². The minimum atomic E-state index is -1.58. The smallest absolute Gasteiger partial charge is 0.530 e. The van der Waals surface area contributed by atoms with Gasteiger partial charge in [-0.15, -0.1) is 0 Å². The molecular formula is C4H7CuNO2. The van der Waals surface area contributed by atoms with Gasteiger partial charge in [-0.25, -0.2) is 19.6 Å². The minimum absolute atomic E-state index is 0. The van der Waals surface area contributed by atoms with Gasteiger partial charge >= 0.3 is 17.1 Å². The summed E-state index contributed by atoms with van der Waals surface area (Å²) in [5, 5.41) is 8.67. The van der Waals surface area contributed by atoms with Crippen molar-refractivity contribution in [2.45, 2.75) is 0 Å². The molecule has 0 aliphatic heterocycles. The van der Waals surface area contributed by atoms with Gasteiger partial charge in [-0.05, 0) is 0 Å². The number of amides is 1. The normalized spacial score (nSPS) is 4.50. The zero-order valence-corrected chi connectivity index (χ0v) is 5.13. The number of allylic oxidation sites excluding steroid dienone is 1. The SMILES string of the molecule is C=C[CH2-].NC(=O)[O-].[Cu+2]. The van der Waals surface area contributed by atoms with Crippen LogP contribution in [-0.4, -0.2) is 6.09 Å². The molecule has 8 heavy (non-hydrogen) atoms. The van der Waals surface area contributed by atoms with Gasteiger partial charge in [-0.3, -0.25) is 0 Å². The van der Waals surface area contributed by atoms with Gasteiger partial charge in [0, 0.05) is 0 Å². The fourth-order valence-electron chi connectivity index (χ4n) is 0. The Kier molecular flexibility index (Phi) is 31.6. The molecule has 0 saturated carbocycles. The van der Waals surface area contributed by atoms with E-state index in [9.17, 15) is 0 Å². The number of hydrogen-bond donors (Lipinski definition) is 1. The van der Waals surface area contributed by atoms with Crippen LogP contribution in [-0.2, 0) is 17.1 Å². The van der Waals surface area contributed by atoms with Crippen LogP contribution in [0, 0.1) is 6.92 Å². The van der Waals surface area contributed by atoms with E-state index in [1.165, 1.54) is 6.08 Å². The molecule has 1 amide bonds. The number of primary amides is 1. The molecule has 0 bridgehead atoms. The fraction of sp³-hybridized carbons (Fsp3) is 0. The predicted molar refractivity (Wildman–Crippen MR) is 25.1 cm³/mol. The summed E-state index contributed by atoms with van der Waals surface area (Å²) < 4.78 is 0. The molecule has 0 unspecified atom stereocenters. The maximum Gasteiger partial charge on any atom is 2.00 e. The van der Waals surface area contributed by atoms with Crippen molar-refractivity contribution in [2.24, 2.45) is 5.73 Å². The molecule has 0 aliphatic rings. The number of carbonyl (C=O) groups is 1. The molecular weight excluding hydrogens is 158 g/mol. The van der Waals surface area contributed by atoms with Gasteiger partial charge in [0.2, 0.25) is 0 Å². The van der Waals surface area contributed by atoms with Crippen molar-refractivity contribution in [1.82, 2.24) is 0 Å². The Labute approximate surface area is 59.0 Å². The largest absolute Gasteiger partial charge is 2.00 e. The van der Waals surface area contributed by atoms with E-state index in [1.807, 2.05) is 0 Å². The third kappa shape index (κ3) is 290. The quantitative estimate of drug-likeness (QED) is 0.380. The molecule has 3 nitrogen and oxygen atoms in total. The average molecular weight is 165 g/mol. The maximum absolute atomic E-state index is 8.67. The zero-order valence-electron chi connectivity index (χ0n) is 4.19. The van der Waals surface area contributed by atoms with Crippen molar-refractivity contribution in [3.8, 4) is 0 Å². The molecule has 0 spiro atoms. The van der Waals surface area contributed by atoms with Gasteiger partial charge in [0.25, 0.3) is 0 Å². The summed E-state index contributed by atoms with van der Waals surface area (Å²) in [7, 11) is 0. The Morgan fingerprint density at radius 2 is 1.88 bits per heavy atom. The Bertz CT molecular complexity index is 61.1. The monoisotopic (exact) mass is 164 g/mol. The van der Waals surface area contributed by atoms with E-state index in [0.717, 1.165) is 0 Å². The summed E-state index contributed by atoms with van der Waals surface area (Å²) in [4.78, 5) is 8.67. The number of nitrogens with two attached hydrogens (primary N) is 1. The minimum Gasteiger partial charge on any atom is -0.530 e. The molecule has 2 N–H and O–H groups in total. The zero-order chi connectivity index (χ0) is 6.28. The summed E-state index contributed by atoms with van der Waals surface area (Å²) >= 11 is 0. The molecule has 4 heteroatoms. The summed E-state index contributed by atoms with van der Waals surface area (Å²) in [6.45, 7) is 6.50.